The molecule has 2 aromatic rings. The average molecular weight is 358 g/mol. The number of benzene rings is 1. The van der Waals surface area contributed by atoms with E-state index in [-0.39, 0.29) is 0 Å². The lowest BCUT2D eigenvalue weighted by Crippen LogP contribution is -2.07. The molecule has 5 heteroatoms. The van der Waals surface area contributed by atoms with E-state index in [9.17, 15) is 13.2 Å². The minimum atomic E-state index is -4.30. The lowest BCUT2D eigenvalue weighted by atomic mass is 10.00. The van der Waals surface area contributed by atoms with Crippen LogP contribution in [0.15, 0.2) is 41.0 Å². The fourth-order valence-corrected chi connectivity index (χ4v) is 2.52. The summed E-state index contributed by atoms with van der Waals surface area (Å²) in [5, 5.41) is 0. The monoisotopic (exact) mass is 357 g/mol. The van der Waals surface area contributed by atoms with E-state index in [1.807, 2.05) is 31.2 Å². The molecule has 0 spiro atoms. The maximum atomic E-state index is 12.9. The first-order valence-corrected chi connectivity index (χ1v) is 7.49. The minimum absolute atomic E-state index is 0.542. The highest BCUT2D eigenvalue weighted by molar-refractivity contribution is 9.10. The van der Waals surface area contributed by atoms with E-state index >= 15 is 0 Å². The third-order valence-corrected chi connectivity index (χ3v) is 3.67. The molecule has 1 aromatic heterocycles. The maximum Gasteiger partial charge on any atom is 0.416 e. The molecule has 0 aliphatic carbocycles. The normalized spacial score (nSPS) is 11.7. The van der Waals surface area contributed by atoms with Gasteiger partial charge in [-0.25, -0.2) is 4.98 Å². The third-order valence-electron chi connectivity index (χ3n) is 3.23. The zero-order valence-electron chi connectivity index (χ0n) is 11.5. The van der Waals surface area contributed by atoms with Crippen molar-refractivity contribution in [2.75, 3.05) is 0 Å². The van der Waals surface area contributed by atoms with Crippen LogP contribution in [0.25, 0.3) is 0 Å². The van der Waals surface area contributed by atoms with E-state index in [1.165, 1.54) is 12.1 Å². The summed E-state index contributed by atoms with van der Waals surface area (Å²) in [6.07, 6.45) is -2.55. The number of aryl methyl sites for hydroxylation is 3. The average Bonchev–Trinajstić information content (AvgIpc) is 2.44. The number of halogens is 4. The Labute approximate surface area is 130 Å². The van der Waals surface area contributed by atoms with Gasteiger partial charge in [0.05, 0.1) is 5.56 Å². The maximum absolute atomic E-state index is 12.9. The van der Waals surface area contributed by atoms with Crippen molar-refractivity contribution < 1.29 is 13.2 Å². The molecule has 0 radical (unpaired) electrons. The minimum Gasteiger partial charge on any atom is -0.246 e. The predicted octanol–water partition coefficient (Wildman–Crippen LogP) is 5.21. The van der Waals surface area contributed by atoms with Gasteiger partial charge in [0.2, 0.25) is 0 Å². The van der Waals surface area contributed by atoms with Crippen molar-refractivity contribution in [3.05, 3.63) is 63.4 Å². The Morgan fingerprint density at radius 3 is 2.38 bits per heavy atom. The number of hydrogen-bond acceptors (Lipinski definition) is 1. The van der Waals surface area contributed by atoms with Gasteiger partial charge in [-0.05, 0) is 70.6 Å². The van der Waals surface area contributed by atoms with Gasteiger partial charge in [0, 0.05) is 5.69 Å². The first-order chi connectivity index (χ1) is 9.88. The molecule has 21 heavy (non-hydrogen) atoms. The molecule has 0 aliphatic heterocycles. The van der Waals surface area contributed by atoms with Crippen LogP contribution in [-0.2, 0) is 25.4 Å². The second kappa shape index (κ2) is 6.60. The molecule has 112 valence electrons. The van der Waals surface area contributed by atoms with Crippen molar-refractivity contribution in [1.82, 2.24) is 4.98 Å². The first-order valence-electron chi connectivity index (χ1n) is 6.70. The zero-order chi connectivity index (χ0) is 15.5. The summed E-state index contributed by atoms with van der Waals surface area (Å²) in [6.45, 7) is 1.86. The number of hydrogen-bond donors (Lipinski definition) is 0. The topological polar surface area (TPSA) is 12.9 Å². The smallest absolute Gasteiger partial charge is 0.246 e. The fraction of sp³-hybridized carbons (Fsp3) is 0.312. The van der Waals surface area contributed by atoms with E-state index < -0.39 is 11.7 Å². The Hall–Kier alpha value is -1.36. The first kappa shape index (κ1) is 16.0. The van der Waals surface area contributed by atoms with Gasteiger partial charge in [0.15, 0.2) is 0 Å². The Morgan fingerprint density at radius 1 is 1.05 bits per heavy atom. The van der Waals surface area contributed by atoms with Crippen LogP contribution in [0.1, 0.15) is 29.3 Å². The van der Waals surface area contributed by atoms with Crippen molar-refractivity contribution in [2.24, 2.45) is 0 Å². The highest BCUT2D eigenvalue weighted by Crippen LogP contribution is 2.31. The van der Waals surface area contributed by atoms with Crippen LogP contribution in [0.5, 0.6) is 0 Å². The Kier molecular flexibility index (Phi) is 5.04. The number of pyridine rings is 1. The number of aromatic nitrogens is 1. The number of nitrogens with zero attached hydrogens (tertiary/aromatic N) is 1. The molecule has 0 fully saturated rings. The molecule has 0 N–H and O–H groups in total. The summed E-state index contributed by atoms with van der Waals surface area (Å²) in [5.74, 6) is 0. The molecule has 1 heterocycles. The molecule has 0 saturated heterocycles. The quantitative estimate of drug-likeness (QED) is 0.684. The van der Waals surface area contributed by atoms with E-state index in [1.54, 1.807) is 0 Å². The molecule has 0 unspecified atom stereocenters. The number of alkyl halides is 3. The van der Waals surface area contributed by atoms with Gasteiger partial charge >= 0.3 is 6.18 Å². The largest absolute Gasteiger partial charge is 0.416 e. The molecule has 0 amide bonds. The van der Waals surface area contributed by atoms with Gasteiger partial charge in [-0.1, -0.05) is 19.1 Å². The molecule has 0 saturated carbocycles. The molecule has 0 aliphatic rings. The third kappa shape index (κ3) is 4.56. The Bertz CT molecular complexity index is 623. The van der Waals surface area contributed by atoms with Crippen LogP contribution in [0.3, 0.4) is 0 Å². The van der Waals surface area contributed by atoms with Gasteiger partial charge in [0.1, 0.15) is 4.60 Å². The highest BCUT2D eigenvalue weighted by Gasteiger charge is 2.30. The summed E-state index contributed by atoms with van der Waals surface area (Å²) < 4.78 is 39.4. The summed E-state index contributed by atoms with van der Waals surface area (Å²) in [4.78, 5) is 4.30. The van der Waals surface area contributed by atoms with E-state index in [0.717, 1.165) is 10.3 Å². The molecule has 2 rings (SSSR count). The molecule has 0 atom stereocenters. The van der Waals surface area contributed by atoms with Crippen LogP contribution in [0.4, 0.5) is 13.2 Å². The van der Waals surface area contributed by atoms with Gasteiger partial charge in [0.25, 0.3) is 0 Å². The van der Waals surface area contributed by atoms with Crippen LogP contribution in [0, 0.1) is 0 Å². The SMILES string of the molecule is CCc1cc(CCc2cccc(Br)n2)cc(C(F)(F)F)c1. The molecule has 1 nitrogen and oxygen atoms in total. The molecule has 0 bridgehead atoms. The van der Waals surface area contributed by atoms with Crippen LogP contribution >= 0.6 is 15.9 Å². The molecular weight excluding hydrogens is 343 g/mol. The molecule has 1 aromatic carbocycles. The van der Waals surface area contributed by atoms with Crippen molar-refractivity contribution in [1.29, 1.82) is 0 Å². The van der Waals surface area contributed by atoms with Crippen LogP contribution in [-0.4, -0.2) is 4.98 Å². The van der Waals surface area contributed by atoms with Gasteiger partial charge in [-0.2, -0.15) is 13.2 Å². The van der Waals surface area contributed by atoms with Crippen LogP contribution in [0.2, 0.25) is 0 Å². The fourth-order valence-electron chi connectivity index (χ4n) is 2.14. The Morgan fingerprint density at radius 2 is 1.76 bits per heavy atom. The lowest BCUT2D eigenvalue weighted by Gasteiger charge is -2.11. The summed E-state index contributed by atoms with van der Waals surface area (Å²) in [7, 11) is 0. The zero-order valence-corrected chi connectivity index (χ0v) is 13.1. The van der Waals surface area contributed by atoms with Crippen molar-refractivity contribution in [3.8, 4) is 0 Å². The van der Waals surface area contributed by atoms with E-state index in [4.69, 9.17) is 0 Å². The van der Waals surface area contributed by atoms with Gasteiger partial charge in [-0.15, -0.1) is 0 Å². The standard InChI is InChI=1S/C16H15BrF3N/c1-2-11-8-12(10-13(9-11)16(18,19)20)6-7-14-4-3-5-15(17)21-14/h3-5,8-10H,2,6-7H2,1H3. The van der Waals surface area contributed by atoms with Crippen molar-refractivity contribution >= 4 is 15.9 Å². The van der Waals surface area contributed by atoms with Gasteiger partial charge < -0.3 is 0 Å². The summed E-state index contributed by atoms with van der Waals surface area (Å²) >= 11 is 3.29. The Balaban J connectivity index is 2.19. The van der Waals surface area contributed by atoms with Crippen molar-refractivity contribution in [3.63, 3.8) is 0 Å². The van der Waals surface area contributed by atoms with Gasteiger partial charge in [-0.3, -0.25) is 0 Å². The van der Waals surface area contributed by atoms with E-state index in [2.05, 4.69) is 20.9 Å². The second-order valence-electron chi connectivity index (χ2n) is 4.84. The summed E-state index contributed by atoms with van der Waals surface area (Å²) in [5.41, 5.74) is 1.70. The highest BCUT2D eigenvalue weighted by atomic mass is 79.9. The molecular formula is C16H15BrF3N. The van der Waals surface area contributed by atoms with E-state index in [0.29, 0.717) is 30.4 Å². The summed E-state index contributed by atoms with van der Waals surface area (Å²) in [6, 6.07) is 9.86. The second-order valence-corrected chi connectivity index (χ2v) is 5.65. The lowest BCUT2D eigenvalue weighted by molar-refractivity contribution is -0.137. The van der Waals surface area contributed by atoms with Crippen molar-refractivity contribution in [2.45, 2.75) is 32.4 Å². The van der Waals surface area contributed by atoms with Crippen LogP contribution < -0.4 is 0 Å². The number of rotatable bonds is 4. The predicted molar refractivity (Wildman–Crippen MR) is 80.2 cm³/mol.